The molecule has 258 valence electrons. The van der Waals surface area contributed by atoms with Gasteiger partial charge in [0.2, 0.25) is 0 Å². The first-order chi connectivity index (χ1) is 27.2. The first kappa shape index (κ1) is 31.4. The Morgan fingerprint density at radius 1 is 0.418 bits per heavy atom. The second kappa shape index (κ2) is 12.8. The molecule has 0 aliphatic heterocycles. The summed E-state index contributed by atoms with van der Waals surface area (Å²) in [6.45, 7) is 0. The molecule has 0 N–H and O–H groups in total. The summed E-state index contributed by atoms with van der Waals surface area (Å²) in [7, 11) is 0. The lowest BCUT2D eigenvalue weighted by atomic mass is 10.0. The van der Waals surface area contributed by atoms with Crippen LogP contribution in [0.1, 0.15) is 0 Å². The summed E-state index contributed by atoms with van der Waals surface area (Å²) < 4.78 is 9.20. The van der Waals surface area contributed by atoms with Crippen LogP contribution in [0, 0.1) is 0 Å². The van der Waals surface area contributed by atoms with Gasteiger partial charge in [-0.1, -0.05) is 133 Å². The number of benzene rings is 8. The van der Waals surface area contributed by atoms with Crippen LogP contribution in [0.5, 0.6) is 0 Å². The van der Waals surface area contributed by atoms with E-state index in [4.69, 9.17) is 14.4 Å². The molecule has 0 unspecified atom stereocenters. The van der Waals surface area contributed by atoms with Gasteiger partial charge in [0.25, 0.3) is 0 Å². The zero-order valence-corrected chi connectivity index (χ0v) is 30.4. The standard InChI is InChI=1S/C50H31N3OS/c1-3-13-32(14-4-1)33-23-25-35(26-24-33)53(36-27-28-39-38-17-9-12-22-46(38)55-47(39)31-36)37-29-42(48-41-19-8-11-21-44(41)54-45(48)30-37)50-51-43-20-10-7-18-40(43)49(52-50)34-15-5-2-6-16-34/h1-31H. The molecule has 11 rings (SSSR count). The summed E-state index contributed by atoms with van der Waals surface area (Å²) in [6.07, 6.45) is 0. The minimum Gasteiger partial charge on any atom is -0.456 e. The van der Waals surface area contributed by atoms with Crippen LogP contribution in [0.25, 0.3) is 86.8 Å². The number of rotatable bonds is 6. The van der Waals surface area contributed by atoms with Crippen molar-refractivity contribution in [2.75, 3.05) is 4.90 Å². The minimum absolute atomic E-state index is 0.648. The Balaban J connectivity index is 1.18. The van der Waals surface area contributed by atoms with Gasteiger partial charge >= 0.3 is 0 Å². The van der Waals surface area contributed by atoms with Crippen molar-refractivity contribution in [2.24, 2.45) is 0 Å². The summed E-state index contributed by atoms with van der Waals surface area (Å²) in [4.78, 5) is 12.9. The van der Waals surface area contributed by atoms with E-state index in [2.05, 4.69) is 169 Å². The summed E-state index contributed by atoms with van der Waals surface area (Å²) in [5, 5.41) is 5.57. The van der Waals surface area contributed by atoms with Crippen LogP contribution in [0.2, 0.25) is 0 Å². The molecule has 0 bridgehead atoms. The van der Waals surface area contributed by atoms with E-state index in [1.54, 1.807) is 0 Å². The van der Waals surface area contributed by atoms with E-state index >= 15 is 0 Å². The predicted octanol–water partition coefficient (Wildman–Crippen LogP) is 14.4. The minimum atomic E-state index is 0.648. The number of thiophene rings is 1. The zero-order chi connectivity index (χ0) is 36.3. The van der Waals surface area contributed by atoms with Crippen LogP contribution < -0.4 is 4.90 Å². The van der Waals surface area contributed by atoms with Crippen molar-refractivity contribution in [1.82, 2.24) is 9.97 Å². The molecule has 0 fully saturated rings. The Morgan fingerprint density at radius 2 is 1.05 bits per heavy atom. The van der Waals surface area contributed by atoms with E-state index in [1.807, 2.05) is 35.6 Å². The molecule has 0 aliphatic rings. The molecule has 0 aliphatic carbocycles. The lowest BCUT2D eigenvalue weighted by molar-refractivity contribution is 0.669. The normalized spacial score (nSPS) is 11.6. The quantitative estimate of drug-likeness (QED) is 0.171. The number of aromatic nitrogens is 2. The highest BCUT2D eigenvalue weighted by atomic mass is 32.1. The van der Waals surface area contributed by atoms with Crippen molar-refractivity contribution in [3.8, 4) is 33.8 Å². The molecule has 55 heavy (non-hydrogen) atoms. The molecule has 0 spiro atoms. The van der Waals surface area contributed by atoms with E-state index in [-0.39, 0.29) is 0 Å². The lowest BCUT2D eigenvalue weighted by Crippen LogP contribution is -2.10. The van der Waals surface area contributed by atoms with Gasteiger partial charge < -0.3 is 9.32 Å². The van der Waals surface area contributed by atoms with Crippen LogP contribution in [0.15, 0.2) is 192 Å². The SMILES string of the molecule is c1ccc(-c2ccc(N(c3cc(-c4nc(-c5ccccc5)c5ccccc5n4)c4c(c3)oc3ccccc34)c3ccc4c(c3)sc3ccccc34)cc2)cc1. The zero-order valence-electron chi connectivity index (χ0n) is 29.6. The first-order valence-electron chi connectivity index (χ1n) is 18.4. The molecule has 0 amide bonds. The van der Waals surface area contributed by atoms with Crippen LogP contribution in [-0.4, -0.2) is 9.97 Å². The van der Waals surface area contributed by atoms with Gasteiger partial charge in [-0.05, 0) is 59.7 Å². The molecule has 8 aromatic carbocycles. The summed E-state index contributed by atoms with van der Waals surface area (Å²) in [5.74, 6) is 0.648. The molecular weight excluding hydrogens is 691 g/mol. The third-order valence-electron chi connectivity index (χ3n) is 10.5. The van der Waals surface area contributed by atoms with Crippen LogP contribution in [0.3, 0.4) is 0 Å². The highest BCUT2D eigenvalue weighted by Gasteiger charge is 2.23. The lowest BCUT2D eigenvalue weighted by Gasteiger charge is -2.26. The van der Waals surface area contributed by atoms with Gasteiger partial charge in [0, 0.05) is 64.9 Å². The summed E-state index contributed by atoms with van der Waals surface area (Å²) in [5.41, 5.74) is 10.7. The highest BCUT2D eigenvalue weighted by molar-refractivity contribution is 7.25. The molecule has 0 saturated heterocycles. The summed E-state index contributed by atoms with van der Waals surface area (Å²) in [6, 6.07) is 66.1. The van der Waals surface area contributed by atoms with Crippen molar-refractivity contribution in [2.45, 2.75) is 0 Å². The fraction of sp³-hybridized carbons (Fsp3) is 0. The second-order valence-electron chi connectivity index (χ2n) is 13.8. The number of nitrogens with zero attached hydrogens (tertiary/aromatic N) is 3. The molecule has 5 heteroatoms. The maximum absolute atomic E-state index is 6.69. The van der Waals surface area contributed by atoms with Crippen molar-refractivity contribution < 1.29 is 4.42 Å². The molecule has 3 heterocycles. The topological polar surface area (TPSA) is 42.2 Å². The monoisotopic (exact) mass is 721 g/mol. The van der Waals surface area contributed by atoms with Crippen molar-refractivity contribution in [3.05, 3.63) is 188 Å². The molecule has 4 nitrogen and oxygen atoms in total. The Hall–Kier alpha value is -7.08. The largest absolute Gasteiger partial charge is 0.456 e. The van der Waals surface area contributed by atoms with Crippen LogP contribution in [0.4, 0.5) is 17.1 Å². The van der Waals surface area contributed by atoms with Crippen molar-refractivity contribution in [3.63, 3.8) is 0 Å². The number of hydrogen-bond donors (Lipinski definition) is 0. The molecule has 3 aromatic heterocycles. The Morgan fingerprint density at radius 3 is 1.87 bits per heavy atom. The van der Waals surface area contributed by atoms with Crippen LogP contribution in [-0.2, 0) is 0 Å². The Labute approximate surface area is 321 Å². The van der Waals surface area contributed by atoms with E-state index in [0.29, 0.717) is 5.82 Å². The van der Waals surface area contributed by atoms with Gasteiger partial charge in [-0.25, -0.2) is 9.97 Å². The van der Waals surface area contributed by atoms with Gasteiger partial charge in [-0.3, -0.25) is 0 Å². The highest BCUT2D eigenvalue weighted by Crippen LogP contribution is 2.45. The number of fused-ring (bicyclic) bond motifs is 7. The van der Waals surface area contributed by atoms with Crippen molar-refractivity contribution >= 4 is 81.4 Å². The van der Waals surface area contributed by atoms with Gasteiger partial charge in [0.1, 0.15) is 11.2 Å². The second-order valence-corrected chi connectivity index (χ2v) is 14.9. The maximum Gasteiger partial charge on any atom is 0.161 e. The van der Waals surface area contributed by atoms with E-state index < -0.39 is 0 Å². The molecule has 0 atom stereocenters. The van der Waals surface area contributed by atoms with Crippen molar-refractivity contribution in [1.29, 1.82) is 0 Å². The average Bonchev–Trinajstić information content (AvgIpc) is 3.82. The Kier molecular flexibility index (Phi) is 7.32. The smallest absolute Gasteiger partial charge is 0.161 e. The molecule has 11 aromatic rings. The van der Waals surface area contributed by atoms with Gasteiger partial charge in [0.15, 0.2) is 5.82 Å². The van der Waals surface area contributed by atoms with Gasteiger partial charge in [-0.2, -0.15) is 0 Å². The van der Waals surface area contributed by atoms with E-state index in [0.717, 1.165) is 72.3 Å². The number of anilines is 3. The fourth-order valence-electron chi connectivity index (χ4n) is 7.89. The maximum atomic E-state index is 6.69. The number of furan rings is 1. The van der Waals surface area contributed by atoms with E-state index in [9.17, 15) is 0 Å². The van der Waals surface area contributed by atoms with E-state index in [1.165, 1.54) is 25.7 Å². The number of para-hydroxylation sites is 2. The third kappa shape index (κ3) is 5.36. The van der Waals surface area contributed by atoms with Gasteiger partial charge in [0.05, 0.1) is 16.9 Å². The Bertz CT molecular complexity index is 3200. The summed E-state index contributed by atoms with van der Waals surface area (Å²) >= 11 is 1.82. The predicted molar refractivity (Wildman–Crippen MR) is 231 cm³/mol. The van der Waals surface area contributed by atoms with Gasteiger partial charge in [-0.15, -0.1) is 11.3 Å². The molecular formula is C50H31N3OS. The first-order valence-corrected chi connectivity index (χ1v) is 19.2. The third-order valence-corrected chi connectivity index (χ3v) is 11.6. The number of hydrogen-bond acceptors (Lipinski definition) is 5. The molecule has 0 saturated carbocycles. The average molecular weight is 722 g/mol. The molecule has 0 radical (unpaired) electrons. The van der Waals surface area contributed by atoms with Crippen LogP contribution >= 0.6 is 11.3 Å². The fourth-order valence-corrected chi connectivity index (χ4v) is 9.03.